The van der Waals surface area contributed by atoms with Crippen LogP contribution in [0.2, 0.25) is 0 Å². The van der Waals surface area contributed by atoms with Gasteiger partial charge in [0.25, 0.3) is 5.91 Å². The molecule has 42 heavy (non-hydrogen) atoms. The van der Waals surface area contributed by atoms with Crippen LogP contribution in [-0.4, -0.2) is 76.8 Å². The summed E-state index contributed by atoms with van der Waals surface area (Å²) >= 11 is 0. The van der Waals surface area contributed by atoms with Crippen LogP contribution in [0.25, 0.3) is 0 Å². The molecule has 0 aliphatic carbocycles. The second kappa shape index (κ2) is 13.5. The first-order chi connectivity index (χ1) is 20.0. The molecule has 0 bridgehead atoms. The Balaban J connectivity index is 1.54. The minimum atomic E-state index is -0.978. The molecule has 4 rings (SSSR count). The lowest BCUT2D eigenvalue weighted by Crippen LogP contribution is -2.49. The Morgan fingerprint density at radius 2 is 1.71 bits per heavy atom. The second-order valence-corrected chi connectivity index (χ2v) is 10.6. The lowest BCUT2D eigenvalue weighted by atomic mass is 9.99. The SMILES string of the molecule is C[C@H](CO)N1C[C@H](C)[C@@H](CN(C)Cc2ccc(C(=O)O)cc2)Oc2ccc(NC(=O)Nc3ccc(F)cc3)cc2C1=O. The number of carboxylic acid groups (broad SMARTS) is 1. The van der Waals surface area contributed by atoms with E-state index in [4.69, 9.17) is 9.84 Å². The summed E-state index contributed by atoms with van der Waals surface area (Å²) < 4.78 is 19.6. The molecule has 0 saturated heterocycles. The van der Waals surface area contributed by atoms with Gasteiger partial charge in [-0.15, -0.1) is 0 Å². The van der Waals surface area contributed by atoms with E-state index in [1.165, 1.54) is 24.3 Å². The van der Waals surface area contributed by atoms with Gasteiger partial charge in [0.15, 0.2) is 0 Å². The number of carbonyl (C=O) groups is 3. The van der Waals surface area contributed by atoms with Gasteiger partial charge in [-0.05, 0) is 74.1 Å². The van der Waals surface area contributed by atoms with Crippen LogP contribution >= 0.6 is 0 Å². The van der Waals surface area contributed by atoms with Crippen LogP contribution < -0.4 is 15.4 Å². The summed E-state index contributed by atoms with van der Waals surface area (Å²) in [6.07, 6.45) is -0.325. The summed E-state index contributed by atoms with van der Waals surface area (Å²) in [6.45, 7) is 4.95. The van der Waals surface area contributed by atoms with Crippen molar-refractivity contribution in [3.8, 4) is 5.75 Å². The highest BCUT2D eigenvalue weighted by Crippen LogP contribution is 2.31. The molecule has 0 fully saturated rings. The highest BCUT2D eigenvalue weighted by molar-refractivity contribution is 6.02. The quantitative estimate of drug-likeness (QED) is 0.294. The largest absolute Gasteiger partial charge is 0.488 e. The average Bonchev–Trinajstić information content (AvgIpc) is 2.96. The van der Waals surface area contributed by atoms with Gasteiger partial charge < -0.3 is 30.5 Å². The van der Waals surface area contributed by atoms with Gasteiger partial charge in [0.05, 0.1) is 23.8 Å². The van der Waals surface area contributed by atoms with Gasteiger partial charge in [-0.1, -0.05) is 19.1 Å². The minimum absolute atomic E-state index is 0.0905. The number of halogens is 1. The molecule has 0 unspecified atom stereocenters. The molecule has 1 aliphatic heterocycles. The Bertz CT molecular complexity index is 1420. The van der Waals surface area contributed by atoms with Gasteiger partial charge in [0.2, 0.25) is 0 Å². The number of aromatic carboxylic acids is 1. The highest BCUT2D eigenvalue weighted by Gasteiger charge is 2.33. The predicted molar refractivity (Wildman–Crippen MR) is 156 cm³/mol. The molecule has 222 valence electrons. The highest BCUT2D eigenvalue weighted by atomic mass is 19.1. The van der Waals surface area contributed by atoms with Crippen LogP contribution in [0.5, 0.6) is 5.75 Å². The van der Waals surface area contributed by atoms with Gasteiger partial charge in [-0.3, -0.25) is 9.69 Å². The van der Waals surface area contributed by atoms with Crippen molar-refractivity contribution in [2.24, 2.45) is 5.92 Å². The number of hydrogen-bond donors (Lipinski definition) is 4. The molecule has 0 radical (unpaired) electrons. The molecule has 10 nitrogen and oxygen atoms in total. The molecule has 0 spiro atoms. The van der Waals surface area contributed by atoms with E-state index in [0.29, 0.717) is 36.8 Å². The van der Waals surface area contributed by atoms with E-state index in [1.54, 1.807) is 54.3 Å². The summed E-state index contributed by atoms with van der Waals surface area (Å²) in [7, 11) is 1.94. The van der Waals surface area contributed by atoms with Gasteiger partial charge in [0, 0.05) is 36.9 Å². The van der Waals surface area contributed by atoms with Crippen LogP contribution in [0.3, 0.4) is 0 Å². The van der Waals surface area contributed by atoms with E-state index >= 15 is 0 Å². The zero-order valence-corrected chi connectivity index (χ0v) is 23.7. The fourth-order valence-electron chi connectivity index (χ4n) is 4.78. The summed E-state index contributed by atoms with van der Waals surface area (Å²) in [5.74, 6) is -1.46. The van der Waals surface area contributed by atoms with Gasteiger partial charge >= 0.3 is 12.0 Å². The number of urea groups is 1. The van der Waals surface area contributed by atoms with Crippen LogP contribution in [0.15, 0.2) is 66.7 Å². The molecular formula is C31H35FN4O6. The van der Waals surface area contributed by atoms with E-state index < -0.39 is 23.9 Å². The maximum Gasteiger partial charge on any atom is 0.335 e. The predicted octanol–water partition coefficient (Wildman–Crippen LogP) is 4.52. The lowest BCUT2D eigenvalue weighted by molar-refractivity contribution is 0.0341. The number of nitrogens with zero attached hydrogens (tertiary/aromatic N) is 2. The molecule has 4 N–H and O–H groups in total. The first-order valence-electron chi connectivity index (χ1n) is 13.6. The van der Waals surface area contributed by atoms with Gasteiger partial charge in [-0.25, -0.2) is 14.0 Å². The Morgan fingerprint density at radius 3 is 2.36 bits per heavy atom. The minimum Gasteiger partial charge on any atom is -0.488 e. The van der Waals surface area contributed by atoms with E-state index in [9.17, 15) is 23.9 Å². The number of likely N-dealkylation sites (N-methyl/N-ethyl adjacent to an activating group) is 1. The summed E-state index contributed by atoms with van der Waals surface area (Å²) in [5.41, 5.74) is 2.18. The maximum absolute atomic E-state index is 13.7. The molecule has 3 aromatic carbocycles. The van der Waals surface area contributed by atoms with E-state index in [0.717, 1.165) is 5.56 Å². The monoisotopic (exact) mass is 578 g/mol. The number of aliphatic hydroxyl groups excluding tert-OH is 1. The van der Waals surface area contributed by atoms with Crippen molar-refractivity contribution in [1.29, 1.82) is 0 Å². The van der Waals surface area contributed by atoms with Crippen molar-refractivity contribution < 1.29 is 33.7 Å². The maximum atomic E-state index is 13.7. The molecule has 0 aromatic heterocycles. The number of ether oxygens (including phenoxy) is 1. The van der Waals surface area contributed by atoms with Crippen molar-refractivity contribution in [2.75, 3.05) is 37.4 Å². The van der Waals surface area contributed by atoms with Crippen LogP contribution in [0.4, 0.5) is 20.6 Å². The number of hydrogen-bond acceptors (Lipinski definition) is 6. The number of carbonyl (C=O) groups excluding carboxylic acids is 2. The van der Waals surface area contributed by atoms with Crippen molar-refractivity contribution in [1.82, 2.24) is 9.80 Å². The van der Waals surface area contributed by atoms with Gasteiger partial charge in [-0.2, -0.15) is 0 Å². The number of amides is 3. The number of aliphatic hydroxyl groups is 1. The third-order valence-corrected chi connectivity index (χ3v) is 7.17. The third-order valence-electron chi connectivity index (χ3n) is 7.17. The smallest absolute Gasteiger partial charge is 0.335 e. The first-order valence-corrected chi connectivity index (χ1v) is 13.6. The van der Waals surface area contributed by atoms with E-state index in [2.05, 4.69) is 15.5 Å². The molecule has 3 amide bonds. The Labute approximate surface area is 243 Å². The number of anilines is 2. The topological polar surface area (TPSA) is 131 Å². The average molecular weight is 579 g/mol. The van der Waals surface area contributed by atoms with E-state index in [-0.39, 0.29) is 35.7 Å². The summed E-state index contributed by atoms with van der Waals surface area (Å²) in [4.78, 5) is 41.1. The fourth-order valence-corrected chi connectivity index (χ4v) is 4.78. The zero-order valence-electron chi connectivity index (χ0n) is 23.7. The van der Waals surface area contributed by atoms with Gasteiger partial charge in [0.1, 0.15) is 17.7 Å². The van der Waals surface area contributed by atoms with Crippen molar-refractivity contribution in [2.45, 2.75) is 32.5 Å². The second-order valence-electron chi connectivity index (χ2n) is 10.6. The zero-order chi connectivity index (χ0) is 30.4. The van der Waals surface area contributed by atoms with Crippen LogP contribution in [-0.2, 0) is 6.54 Å². The number of carboxylic acids is 1. The third kappa shape index (κ3) is 7.62. The number of nitrogens with one attached hydrogen (secondary N) is 2. The normalized spacial score (nSPS) is 17.5. The molecule has 3 aromatic rings. The molecule has 0 saturated carbocycles. The molecule has 3 atom stereocenters. The number of benzene rings is 3. The van der Waals surface area contributed by atoms with Crippen molar-refractivity contribution >= 4 is 29.3 Å². The summed E-state index contributed by atoms with van der Waals surface area (Å²) in [5, 5.41) is 24.4. The first kappa shape index (κ1) is 30.5. The molecular weight excluding hydrogens is 543 g/mol. The summed E-state index contributed by atoms with van der Waals surface area (Å²) in [6, 6.07) is 15.8. The Kier molecular flexibility index (Phi) is 9.76. The number of rotatable bonds is 9. The van der Waals surface area contributed by atoms with Crippen LogP contribution in [0.1, 0.15) is 40.1 Å². The number of fused-ring (bicyclic) bond motifs is 1. The van der Waals surface area contributed by atoms with Crippen molar-refractivity contribution in [3.63, 3.8) is 0 Å². The van der Waals surface area contributed by atoms with Crippen LogP contribution in [0, 0.1) is 11.7 Å². The van der Waals surface area contributed by atoms with Crippen molar-refractivity contribution in [3.05, 3.63) is 89.2 Å². The Hall–Kier alpha value is -4.48. The fraction of sp³-hybridized carbons (Fsp3) is 0.323. The molecule has 1 heterocycles. The van der Waals surface area contributed by atoms with E-state index in [1.807, 2.05) is 14.0 Å². The standard InChI is InChI=1S/C31H35FN4O6/c1-19-15-36(20(2)18-37)29(38)26-14-25(34-31(41)33-24-10-8-23(32)9-11-24)12-13-27(26)42-28(19)17-35(3)16-21-4-6-22(7-5-21)30(39)40/h4-14,19-20,28,37H,15-18H2,1-3H3,(H,39,40)(H2,33,34,41)/t19-,20+,28+/m0/s1. The Morgan fingerprint density at radius 1 is 1.07 bits per heavy atom. The molecule has 1 aliphatic rings. The lowest BCUT2D eigenvalue weighted by Gasteiger charge is -2.38. The molecule has 11 heteroatoms.